The van der Waals surface area contributed by atoms with Gasteiger partial charge in [-0.2, -0.15) is 18.3 Å². The Morgan fingerprint density at radius 3 is 2.61 bits per heavy atom. The number of hydrogen-bond donors (Lipinski definition) is 2. The fraction of sp³-hybridized carbons (Fsp3) is 0.389. The Kier molecular flexibility index (Phi) is 5.16. The van der Waals surface area contributed by atoms with Crippen molar-refractivity contribution < 1.29 is 32.6 Å². The fourth-order valence-electron chi connectivity index (χ4n) is 3.27. The van der Waals surface area contributed by atoms with Crippen molar-refractivity contribution in [3.63, 3.8) is 0 Å². The molecular formula is C18H18F3N3O4. The van der Waals surface area contributed by atoms with E-state index < -0.39 is 28.8 Å². The summed E-state index contributed by atoms with van der Waals surface area (Å²) < 4.78 is 45.8. The molecule has 2 aromatic rings. The maximum atomic E-state index is 13.4. The van der Waals surface area contributed by atoms with Crippen molar-refractivity contribution in [2.24, 2.45) is 5.41 Å². The molecule has 0 aliphatic heterocycles. The predicted molar refractivity (Wildman–Crippen MR) is 92.3 cm³/mol. The SMILES string of the molecule is COCC1(C(=O)Nc2cccc(-n3ncc(C(=O)O)c3C(F)(F)F)c2)CCC1. The van der Waals surface area contributed by atoms with Crippen LogP contribution in [-0.4, -0.2) is 40.5 Å². The van der Waals surface area contributed by atoms with Gasteiger partial charge in [-0.3, -0.25) is 4.79 Å². The molecule has 3 rings (SSSR count). The number of carbonyl (C=O) groups is 2. The quantitative estimate of drug-likeness (QED) is 0.780. The summed E-state index contributed by atoms with van der Waals surface area (Å²) in [4.78, 5) is 23.7. The zero-order valence-electron chi connectivity index (χ0n) is 14.9. The van der Waals surface area contributed by atoms with Crippen molar-refractivity contribution in [2.45, 2.75) is 25.4 Å². The minimum absolute atomic E-state index is 0.0213. The number of amides is 1. The minimum Gasteiger partial charge on any atom is -0.478 e. The topological polar surface area (TPSA) is 93.5 Å². The largest absolute Gasteiger partial charge is 0.478 e. The Bertz CT molecular complexity index is 904. The molecule has 7 nitrogen and oxygen atoms in total. The van der Waals surface area contributed by atoms with Crippen molar-refractivity contribution in [3.05, 3.63) is 41.7 Å². The molecule has 1 aromatic carbocycles. The van der Waals surface area contributed by atoms with Crippen LogP contribution in [0.1, 0.15) is 35.3 Å². The van der Waals surface area contributed by atoms with Crippen LogP contribution >= 0.6 is 0 Å². The summed E-state index contributed by atoms with van der Waals surface area (Å²) in [7, 11) is 1.50. The number of nitrogens with zero attached hydrogens (tertiary/aromatic N) is 2. The number of rotatable bonds is 6. The van der Waals surface area contributed by atoms with Gasteiger partial charge >= 0.3 is 12.1 Å². The van der Waals surface area contributed by atoms with E-state index in [1.807, 2.05) is 0 Å². The summed E-state index contributed by atoms with van der Waals surface area (Å²) in [6.45, 7) is 0.262. The minimum atomic E-state index is -4.92. The van der Waals surface area contributed by atoms with Crippen LogP contribution in [0, 0.1) is 5.41 Å². The molecule has 0 saturated heterocycles. The molecule has 1 amide bonds. The lowest BCUT2D eigenvalue weighted by molar-refractivity contribution is -0.143. The van der Waals surface area contributed by atoms with Gasteiger partial charge in [-0.15, -0.1) is 0 Å². The fourth-order valence-corrected chi connectivity index (χ4v) is 3.27. The molecule has 2 N–H and O–H groups in total. The summed E-state index contributed by atoms with van der Waals surface area (Å²) in [5.74, 6) is -1.99. The second-order valence-electron chi connectivity index (χ2n) is 6.69. The lowest BCUT2D eigenvalue weighted by atomic mass is 9.68. The molecule has 0 bridgehead atoms. The second-order valence-corrected chi connectivity index (χ2v) is 6.69. The van der Waals surface area contributed by atoms with Crippen LogP contribution in [-0.2, 0) is 15.7 Å². The number of halogens is 3. The van der Waals surface area contributed by atoms with Gasteiger partial charge in [-0.25, -0.2) is 9.48 Å². The maximum Gasteiger partial charge on any atom is 0.434 e. The maximum absolute atomic E-state index is 13.4. The van der Waals surface area contributed by atoms with Crippen molar-refractivity contribution in [1.82, 2.24) is 9.78 Å². The van der Waals surface area contributed by atoms with Gasteiger partial charge in [0, 0.05) is 12.8 Å². The van der Waals surface area contributed by atoms with E-state index in [9.17, 15) is 22.8 Å². The van der Waals surface area contributed by atoms with Crippen LogP contribution in [0.2, 0.25) is 0 Å². The molecule has 1 saturated carbocycles. The van der Waals surface area contributed by atoms with Crippen LogP contribution in [0.15, 0.2) is 30.5 Å². The molecule has 0 atom stereocenters. The predicted octanol–water partition coefficient (Wildman–Crippen LogP) is 3.34. The summed E-state index contributed by atoms with van der Waals surface area (Å²) in [5.41, 5.74) is -2.71. The zero-order chi connectivity index (χ0) is 20.5. The first-order valence-electron chi connectivity index (χ1n) is 8.47. The molecule has 150 valence electrons. The molecular weight excluding hydrogens is 379 g/mol. The van der Waals surface area contributed by atoms with Gasteiger partial charge in [-0.1, -0.05) is 12.5 Å². The van der Waals surface area contributed by atoms with Crippen LogP contribution in [0.4, 0.5) is 18.9 Å². The van der Waals surface area contributed by atoms with Gasteiger partial charge in [0.2, 0.25) is 5.91 Å². The first-order chi connectivity index (χ1) is 13.2. The monoisotopic (exact) mass is 397 g/mol. The zero-order valence-corrected chi connectivity index (χ0v) is 14.9. The summed E-state index contributed by atoms with van der Waals surface area (Å²) in [6.07, 6.45) is -2.02. The molecule has 28 heavy (non-hydrogen) atoms. The first kappa shape index (κ1) is 19.9. The number of benzene rings is 1. The number of carboxylic acids is 1. The van der Waals surface area contributed by atoms with Crippen LogP contribution < -0.4 is 5.32 Å². The number of carboxylic acid groups (broad SMARTS) is 1. The summed E-state index contributed by atoms with van der Waals surface area (Å²) in [6, 6.07) is 5.65. The second kappa shape index (κ2) is 7.27. The molecule has 1 fully saturated rings. The van der Waals surface area contributed by atoms with Crippen LogP contribution in [0.25, 0.3) is 5.69 Å². The van der Waals surface area contributed by atoms with Gasteiger partial charge in [0.15, 0.2) is 5.69 Å². The van der Waals surface area contributed by atoms with Crippen molar-refractivity contribution in [1.29, 1.82) is 0 Å². The third-order valence-electron chi connectivity index (χ3n) is 4.83. The number of aromatic nitrogens is 2. The number of carbonyl (C=O) groups excluding carboxylic acids is 1. The van der Waals surface area contributed by atoms with Crippen molar-refractivity contribution in [3.8, 4) is 5.69 Å². The molecule has 1 aliphatic carbocycles. The third-order valence-corrected chi connectivity index (χ3v) is 4.83. The Hall–Kier alpha value is -2.88. The smallest absolute Gasteiger partial charge is 0.434 e. The number of nitrogens with one attached hydrogen (secondary N) is 1. The number of hydrogen-bond acceptors (Lipinski definition) is 4. The normalized spacial score (nSPS) is 15.7. The number of anilines is 1. The van der Waals surface area contributed by atoms with Crippen molar-refractivity contribution >= 4 is 17.6 Å². The Morgan fingerprint density at radius 1 is 1.36 bits per heavy atom. The molecule has 0 spiro atoms. The van der Waals surface area contributed by atoms with E-state index in [1.54, 1.807) is 0 Å². The van der Waals surface area contributed by atoms with Gasteiger partial charge in [0.25, 0.3) is 0 Å². The highest BCUT2D eigenvalue weighted by Gasteiger charge is 2.44. The first-order valence-corrected chi connectivity index (χ1v) is 8.47. The molecule has 0 unspecified atom stereocenters. The van der Waals surface area contributed by atoms with E-state index in [1.165, 1.54) is 31.4 Å². The van der Waals surface area contributed by atoms with Crippen molar-refractivity contribution in [2.75, 3.05) is 19.0 Å². The van der Waals surface area contributed by atoms with E-state index in [0.29, 0.717) is 23.7 Å². The number of alkyl halides is 3. The number of ether oxygens (including phenoxy) is 1. The molecule has 0 radical (unpaired) electrons. The Morgan fingerprint density at radius 2 is 2.07 bits per heavy atom. The number of aromatic carboxylic acids is 1. The van der Waals surface area contributed by atoms with E-state index in [-0.39, 0.29) is 23.9 Å². The standard InChI is InChI=1S/C18H18F3N3O4/c1-28-10-17(6-3-7-17)16(27)23-11-4-2-5-12(8-11)24-14(18(19,20)21)13(9-22-24)15(25)26/h2,4-5,8-9H,3,6-7,10H2,1H3,(H,23,27)(H,25,26). The van der Waals surface area contributed by atoms with Gasteiger partial charge in [-0.05, 0) is 31.0 Å². The van der Waals surface area contributed by atoms with Gasteiger partial charge in [0.1, 0.15) is 5.56 Å². The number of methoxy groups -OCH3 is 1. The Labute approximate surface area is 158 Å². The molecule has 1 aliphatic rings. The lowest BCUT2D eigenvalue weighted by Crippen LogP contribution is -2.45. The highest BCUT2D eigenvalue weighted by Crippen LogP contribution is 2.42. The average molecular weight is 397 g/mol. The van der Waals surface area contributed by atoms with Gasteiger partial charge in [0.05, 0.1) is 23.9 Å². The highest BCUT2D eigenvalue weighted by molar-refractivity contribution is 5.96. The van der Waals surface area contributed by atoms with E-state index >= 15 is 0 Å². The third kappa shape index (κ3) is 3.59. The molecule has 1 aromatic heterocycles. The van der Waals surface area contributed by atoms with Crippen LogP contribution in [0.3, 0.4) is 0 Å². The van der Waals surface area contributed by atoms with E-state index in [4.69, 9.17) is 9.84 Å². The van der Waals surface area contributed by atoms with E-state index in [2.05, 4.69) is 10.4 Å². The van der Waals surface area contributed by atoms with E-state index in [0.717, 1.165) is 6.42 Å². The molecule has 10 heteroatoms. The highest BCUT2D eigenvalue weighted by atomic mass is 19.4. The lowest BCUT2D eigenvalue weighted by Gasteiger charge is -2.39. The Balaban J connectivity index is 1.93. The van der Waals surface area contributed by atoms with Gasteiger partial charge < -0.3 is 15.2 Å². The summed E-state index contributed by atoms with van der Waals surface area (Å²) in [5, 5.41) is 15.3. The van der Waals surface area contributed by atoms with Crippen LogP contribution in [0.5, 0.6) is 0 Å². The average Bonchev–Trinajstić information content (AvgIpc) is 3.04. The molecule has 1 heterocycles. The summed E-state index contributed by atoms with van der Waals surface area (Å²) >= 11 is 0.